The van der Waals surface area contributed by atoms with E-state index in [9.17, 15) is 4.79 Å². The Labute approximate surface area is 136 Å². The number of benzene rings is 1. The van der Waals surface area contributed by atoms with Crippen LogP contribution in [0.1, 0.15) is 6.42 Å². The second-order valence-corrected chi connectivity index (χ2v) is 5.29. The SMILES string of the molecule is [C-]#[N+]c1c(-c2ccccc2)n(CCC(=O)O)c2c(=S)nc[nH]c12. The summed E-state index contributed by atoms with van der Waals surface area (Å²) in [5.74, 6) is -0.908. The van der Waals surface area contributed by atoms with Gasteiger partial charge in [-0.1, -0.05) is 42.5 Å². The predicted molar refractivity (Wildman–Crippen MR) is 88.9 cm³/mol. The highest BCUT2D eigenvalue weighted by atomic mass is 32.1. The summed E-state index contributed by atoms with van der Waals surface area (Å²) in [6.45, 7) is 7.75. The van der Waals surface area contributed by atoms with Gasteiger partial charge in [0.05, 0.1) is 36.0 Å². The van der Waals surface area contributed by atoms with Crippen molar-refractivity contribution in [3.05, 3.63) is 52.7 Å². The molecular weight excluding hydrogens is 312 g/mol. The molecule has 3 rings (SSSR count). The van der Waals surface area contributed by atoms with Crippen LogP contribution in [0.25, 0.3) is 27.1 Å². The third-order valence-electron chi connectivity index (χ3n) is 3.54. The molecule has 1 aromatic carbocycles. The van der Waals surface area contributed by atoms with E-state index < -0.39 is 5.97 Å². The van der Waals surface area contributed by atoms with E-state index in [0.29, 0.717) is 27.1 Å². The minimum absolute atomic E-state index is 0.0648. The van der Waals surface area contributed by atoms with E-state index in [0.717, 1.165) is 5.56 Å². The van der Waals surface area contributed by atoms with E-state index >= 15 is 0 Å². The summed E-state index contributed by atoms with van der Waals surface area (Å²) in [6, 6.07) is 9.41. The number of aromatic amines is 1. The van der Waals surface area contributed by atoms with Gasteiger partial charge in [-0.05, 0) is 5.56 Å². The summed E-state index contributed by atoms with van der Waals surface area (Å²) >= 11 is 5.29. The van der Waals surface area contributed by atoms with Gasteiger partial charge >= 0.3 is 5.97 Å². The molecule has 23 heavy (non-hydrogen) atoms. The largest absolute Gasteiger partial charge is 0.481 e. The summed E-state index contributed by atoms with van der Waals surface area (Å²) in [6.07, 6.45) is 1.39. The molecule has 3 aromatic rings. The van der Waals surface area contributed by atoms with Crippen LogP contribution in [0.2, 0.25) is 0 Å². The lowest BCUT2D eigenvalue weighted by molar-refractivity contribution is -0.137. The molecule has 0 aliphatic heterocycles. The third-order valence-corrected chi connectivity index (χ3v) is 3.84. The molecule has 0 amide bonds. The Morgan fingerprint density at radius 2 is 2.13 bits per heavy atom. The number of aliphatic carboxylic acids is 1. The first-order chi connectivity index (χ1) is 11.1. The average Bonchev–Trinajstić information content (AvgIpc) is 2.88. The molecule has 0 aliphatic rings. The van der Waals surface area contributed by atoms with Gasteiger partial charge in [0, 0.05) is 6.54 Å². The number of hydrogen-bond acceptors (Lipinski definition) is 3. The van der Waals surface area contributed by atoms with Crippen molar-refractivity contribution in [1.82, 2.24) is 14.5 Å². The summed E-state index contributed by atoms with van der Waals surface area (Å²) < 4.78 is 2.12. The smallest absolute Gasteiger partial charge is 0.305 e. The monoisotopic (exact) mass is 324 g/mol. The summed E-state index contributed by atoms with van der Waals surface area (Å²) in [4.78, 5) is 21.7. The molecule has 0 aliphatic carbocycles. The van der Waals surface area contributed by atoms with Gasteiger partial charge in [-0.2, -0.15) is 0 Å². The molecule has 0 spiro atoms. The van der Waals surface area contributed by atoms with E-state index in [1.807, 2.05) is 30.3 Å². The molecule has 7 heteroatoms. The molecule has 2 aromatic heterocycles. The highest BCUT2D eigenvalue weighted by molar-refractivity contribution is 7.71. The third kappa shape index (κ3) is 2.60. The van der Waals surface area contributed by atoms with Gasteiger partial charge in [0.2, 0.25) is 5.69 Å². The van der Waals surface area contributed by atoms with Gasteiger partial charge in [-0.25, -0.2) is 9.83 Å². The minimum Gasteiger partial charge on any atom is -0.481 e. The number of aromatic nitrogens is 3. The maximum absolute atomic E-state index is 11.0. The Morgan fingerprint density at radius 1 is 1.39 bits per heavy atom. The van der Waals surface area contributed by atoms with Crippen LogP contribution in [0.15, 0.2) is 36.7 Å². The van der Waals surface area contributed by atoms with Gasteiger partial charge < -0.3 is 14.7 Å². The number of carboxylic acids is 1. The predicted octanol–water partition coefficient (Wildman–Crippen LogP) is 3.79. The van der Waals surface area contributed by atoms with Crippen molar-refractivity contribution in [2.45, 2.75) is 13.0 Å². The molecule has 0 fully saturated rings. The Balaban J connectivity index is 2.38. The normalized spacial score (nSPS) is 10.6. The molecule has 114 valence electrons. The second-order valence-electron chi connectivity index (χ2n) is 4.90. The molecule has 0 unspecified atom stereocenters. The zero-order chi connectivity index (χ0) is 16.4. The maximum Gasteiger partial charge on any atom is 0.305 e. The molecule has 6 nitrogen and oxygen atoms in total. The summed E-state index contributed by atoms with van der Waals surface area (Å²) in [5, 5.41) is 9.02. The maximum atomic E-state index is 11.0. The van der Waals surface area contributed by atoms with Crippen molar-refractivity contribution in [2.24, 2.45) is 0 Å². The van der Waals surface area contributed by atoms with Gasteiger partial charge in [-0.3, -0.25) is 4.79 Å². The van der Waals surface area contributed by atoms with Crippen LogP contribution in [0.4, 0.5) is 5.69 Å². The van der Waals surface area contributed by atoms with Crippen molar-refractivity contribution in [2.75, 3.05) is 0 Å². The number of aryl methyl sites for hydroxylation is 1. The molecule has 2 N–H and O–H groups in total. The standard InChI is InChI=1S/C16H12N4O2S/c1-17-12-13-15(16(23)19-9-18-13)20(8-7-11(21)22)14(12)10-5-3-2-4-6-10/h2-6,9H,7-8H2,(H,21,22)(H,18,19,23). The number of nitrogens with zero attached hydrogens (tertiary/aromatic N) is 3. The van der Waals surface area contributed by atoms with Crippen molar-refractivity contribution in [3.8, 4) is 11.3 Å². The van der Waals surface area contributed by atoms with Gasteiger partial charge in [-0.15, -0.1) is 0 Å². The highest BCUT2D eigenvalue weighted by Gasteiger charge is 2.20. The highest BCUT2D eigenvalue weighted by Crippen LogP contribution is 2.39. The lowest BCUT2D eigenvalue weighted by atomic mass is 10.1. The fraction of sp³-hybridized carbons (Fsp3) is 0.125. The average molecular weight is 324 g/mol. The molecule has 0 saturated carbocycles. The molecule has 0 saturated heterocycles. The molecule has 0 bridgehead atoms. The molecular formula is C16H12N4O2S. The topological polar surface area (TPSA) is 75.3 Å². The number of carbonyl (C=O) groups is 1. The van der Waals surface area contributed by atoms with Crippen LogP contribution >= 0.6 is 12.2 Å². The van der Waals surface area contributed by atoms with Crippen LogP contribution in [0, 0.1) is 11.2 Å². The summed E-state index contributed by atoms with van der Waals surface area (Å²) in [5.41, 5.74) is 3.10. The van der Waals surface area contributed by atoms with Crippen LogP contribution in [0.3, 0.4) is 0 Å². The van der Waals surface area contributed by atoms with E-state index in [2.05, 4.69) is 14.8 Å². The van der Waals surface area contributed by atoms with E-state index in [-0.39, 0.29) is 13.0 Å². The lowest BCUT2D eigenvalue weighted by Gasteiger charge is -2.10. The van der Waals surface area contributed by atoms with Gasteiger partial charge in [0.1, 0.15) is 0 Å². The van der Waals surface area contributed by atoms with Crippen molar-refractivity contribution in [1.29, 1.82) is 0 Å². The first-order valence-corrected chi connectivity index (χ1v) is 7.29. The number of rotatable bonds is 4. The quantitative estimate of drug-likeness (QED) is 0.565. The first-order valence-electron chi connectivity index (χ1n) is 6.88. The van der Waals surface area contributed by atoms with Crippen molar-refractivity contribution in [3.63, 3.8) is 0 Å². The number of carboxylic acid groups (broad SMARTS) is 1. The van der Waals surface area contributed by atoms with Crippen molar-refractivity contribution < 1.29 is 9.90 Å². The Morgan fingerprint density at radius 3 is 2.78 bits per heavy atom. The Hall–Kier alpha value is -2.98. The number of hydrogen-bond donors (Lipinski definition) is 2. The zero-order valence-corrected chi connectivity index (χ0v) is 12.8. The van der Waals surface area contributed by atoms with Crippen LogP contribution in [-0.2, 0) is 11.3 Å². The van der Waals surface area contributed by atoms with Crippen LogP contribution in [-0.4, -0.2) is 25.6 Å². The van der Waals surface area contributed by atoms with Crippen molar-refractivity contribution >= 4 is 34.9 Å². The van der Waals surface area contributed by atoms with Gasteiger partial charge in [0.25, 0.3) is 0 Å². The number of fused-ring (bicyclic) bond motifs is 1. The second kappa shape index (κ2) is 6.02. The van der Waals surface area contributed by atoms with E-state index in [4.69, 9.17) is 23.9 Å². The Kier molecular flexibility index (Phi) is 3.91. The summed E-state index contributed by atoms with van der Waals surface area (Å²) in [7, 11) is 0. The fourth-order valence-corrected chi connectivity index (χ4v) is 2.87. The molecule has 0 atom stereocenters. The zero-order valence-electron chi connectivity index (χ0n) is 12.0. The first kappa shape index (κ1) is 14.9. The number of H-pyrrole nitrogens is 1. The minimum atomic E-state index is -0.908. The Bertz CT molecular complexity index is 983. The number of nitrogens with one attached hydrogen (secondary N) is 1. The van der Waals surface area contributed by atoms with E-state index in [1.54, 1.807) is 4.57 Å². The molecule has 2 heterocycles. The fourth-order valence-electron chi connectivity index (χ4n) is 2.61. The molecule has 0 radical (unpaired) electrons. The van der Waals surface area contributed by atoms with E-state index in [1.165, 1.54) is 6.33 Å². The van der Waals surface area contributed by atoms with Gasteiger partial charge in [0.15, 0.2) is 4.64 Å². The lowest BCUT2D eigenvalue weighted by Crippen LogP contribution is -2.06. The van der Waals surface area contributed by atoms with Crippen LogP contribution < -0.4 is 0 Å². The van der Waals surface area contributed by atoms with Crippen LogP contribution in [0.5, 0.6) is 0 Å².